The number of hydrogen-bond acceptors (Lipinski definition) is 2. The summed E-state index contributed by atoms with van der Waals surface area (Å²) >= 11 is 1.92. The van der Waals surface area contributed by atoms with Gasteiger partial charge in [-0.1, -0.05) is 82.3 Å². The van der Waals surface area contributed by atoms with Crippen LogP contribution in [0.4, 0.5) is 11.4 Å². The maximum Gasteiger partial charge on any atom is 0.232 e. The van der Waals surface area contributed by atoms with Crippen molar-refractivity contribution in [3.63, 3.8) is 0 Å². The minimum atomic E-state index is 0.154. The molecule has 0 unspecified atom stereocenters. The van der Waals surface area contributed by atoms with E-state index in [1.165, 1.54) is 16.0 Å². The molecule has 0 radical (unpaired) electrons. The fourth-order valence-electron chi connectivity index (χ4n) is 3.14. The first-order valence-corrected chi connectivity index (χ1v) is 10.6. The Kier molecular flexibility index (Phi) is 5.30. The molecule has 1 aliphatic rings. The van der Waals surface area contributed by atoms with Crippen LogP contribution in [0, 0.1) is 0 Å². The highest BCUT2D eigenvalue weighted by Crippen LogP contribution is 2.46. The zero-order valence-electron chi connectivity index (χ0n) is 17.0. The van der Waals surface area contributed by atoms with Crippen LogP contribution in [0.1, 0.15) is 65.5 Å². The lowest BCUT2D eigenvalue weighted by molar-refractivity contribution is -0.488. The van der Waals surface area contributed by atoms with E-state index in [1.54, 1.807) is 0 Å². The van der Waals surface area contributed by atoms with Gasteiger partial charge in [0.2, 0.25) is 11.6 Å². The lowest BCUT2D eigenvalue weighted by Gasteiger charge is -2.31. The standard InChI is InChI=1S/C23H31N2S/c1-7-22(3,4)17-14-19(23(5,6)8-2)21-20(15-17)24-25(16-26-21)18-12-10-9-11-13-18/h9-15H,7-8,16H2,1-6H3/q+1. The Morgan fingerprint density at radius 3 is 2.23 bits per heavy atom. The SMILES string of the molecule is CCC(C)(C)c1cc2c(c(C(C)(C)CC)c1)SC[N+](c1ccccc1)=N2. The quantitative estimate of drug-likeness (QED) is 0.498. The predicted molar refractivity (Wildman–Crippen MR) is 112 cm³/mol. The molecular weight excluding hydrogens is 336 g/mol. The third-order valence-electron chi connectivity index (χ3n) is 5.96. The number of thioether (sulfide) groups is 1. The average Bonchev–Trinajstić information content (AvgIpc) is 2.67. The van der Waals surface area contributed by atoms with Crippen molar-refractivity contribution in [3.8, 4) is 0 Å². The fraction of sp³-hybridized carbons (Fsp3) is 0.478. The van der Waals surface area contributed by atoms with Crippen molar-refractivity contribution in [2.75, 3.05) is 5.88 Å². The molecule has 0 N–H and O–H groups in total. The third kappa shape index (κ3) is 3.59. The van der Waals surface area contributed by atoms with E-state index in [0.29, 0.717) is 0 Å². The van der Waals surface area contributed by atoms with Crippen molar-refractivity contribution in [2.24, 2.45) is 5.11 Å². The number of nitrogens with zero attached hydrogens (tertiary/aromatic N) is 2. The summed E-state index contributed by atoms with van der Waals surface area (Å²) in [5.74, 6) is 0.861. The van der Waals surface area contributed by atoms with Gasteiger partial charge in [0.15, 0.2) is 0 Å². The number of hydrogen-bond donors (Lipinski definition) is 0. The highest BCUT2D eigenvalue weighted by Gasteiger charge is 2.32. The zero-order valence-corrected chi connectivity index (χ0v) is 17.8. The van der Waals surface area contributed by atoms with Gasteiger partial charge in [-0.3, -0.25) is 0 Å². The van der Waals surface area contributed by atoms with Crippen LogP contribution in [0.25, 0.3) is 0 Å². The van der Waals surface area contributed by atoms with Gasteiger partial charge in [-0.25, -0.2) is 0 Å². The summed E-state index contributed by atoms with van der Waals surface area (Å²) in [6, 6.07) is 15.2. The molecule has 138 valence electrons. The van der Waals surface area contributed by atoms with E-state index in [9.17, 15) is 0 Å². The van der Waals surface area contributed by atoms with Gasteiger partial charge in [-0.2, -0.15) is 0 Å². The highest BCUT2D eigenvalue weighted by molar-refractivity contribution is 7.99. The van der Waals surface area contributed by atoms with Gasteiger partial charge in [-0.15, -0.1) is 0 Å². The van der Waals surface area contributed by atoms with E-state index in [0.717, 1.165) is 30.1 Å². The molecule has 0 amide bonds. The first-order valence-electron chi connectivity index (χ1n) is 9.64. The zero-order chi connectivity index (χ0) is 18.9. The molecule has 2 aromatic rings. The molecule has 0 atom stereocenters. The van der Waals surface area contributed by atoms with E-state index in [4.69, 9.17) is 5.11 Å². The van der Waals surface area contributed by atoms with Crippen molar-refractivity contribution < 1.29 is 4.70 Å². The normalized spacial score (nSPS) is 14.8. The maximum atomic E-state index is 5.05. The second-order valence-corrected chi connectivity index (χ2v) is 9.41. The molecule has 0 saturated carbocycles. The van der Waals surface area contributed by atoms with Gasteiger partial charge < -0.3 is 0 Å². The minimum Gasteiger partial charge on any atom is -0.0737 e. The Bertz CT molecular complexity index is 820. The summed E-state index contributed by atoms with van der Waals surface area (Å²) in [5.41, 5.74) is 5.44. The van der Waals surface area contributed by atoms with Gasteiger partial charge in [0.05, 0.1) is 0 Å². The summed E-state index contributed by atoms with van der Waals surface area (Å²) in [4.78, 5) is 1.36. The average molecular weight is 368 g/mol. The molecule has 3 rings (SSSR count). The van der Waals surface area contributed by atoms with Crippen LogP contribution in [0.3, 0.4) is 0 Å². The van der Waals surface area contributed by atoms with Crippen LogP contribution in [-0.4, -0.2) is 10.6 Å². The van der Waals surface area contributed by atoms with Gasteiger partial charge in [0.25, 0.3) is 0 Å². The monoisotopic (exact) mass is 367 g/mol. The molecule has 0 bridgehead atoms. The van der Waals surface area contributed by atoms with Gasteiger partial charge >= 0.3 is 0 Å². The molecule has 0 fully saturated rings. The molecule has 1 heterocycles. The molecule has 0 saturated heterocycles. The van der Waals surface area contributed by atoms with Crippen molar-refractivity contribution in [1.29, 1.82) is 0 Å². The van der Waals surface area contributed by atoms with Crippen molar-refractivity contribution in [3.05, 3.63) is 53.6 Å². The molecule has 2 aromatic carbocycles. The lowest BCUT2D eigenvalue weighted by atomic mass is 9.76. The molecule has 26 heavy (non-hydrogen) atoms. The van der Waals surface area contributed by atoms with Crippen LogP contribution in [0.2, 0.25) is 0 Å². The summed E-state index contributed by atoms with van der Waals surface area (Å²) in [5, 5.41) is 5.05. The number of rotatable bonds is 5. The van der Waals surface area contributed by atoms with E-state index in [1.807, 2.05) is 11.8 Å². The Hall–Kier alpha value is -1.61. The summed E-state index contributed by atoms with van der Waals surface area (Å²) in [6.07, 6.45) is 2.24. The number of azo groups is 2. The Labute approximate surface area is 162 Å². The van der Waals surface area contributed by atoms with E-state index in [-0.39, 0.29) is 10.8 Å². The fourth-order valence-corrected chi connectivity index (χ4v) is 4.34. The molecule has 2 nitrogen and oxygen atoms in total. The summed E-state index contributed by atoms with van der Waals surface area (Å²) in [7, 11) is 0. The third-order valence-corrected chi connectivity index (χ3v) is 7.05. The summed E-state index contributed by atoms with van der Waals surface area (Å²) in [6.45, 7) is 13.9. The van der Waals surface area contributed by atoms with Crippen molar-refractivity contribution >= 4 is 23.1 Å². The van der Waals surface area contributed by atoms with Crippen LogP contribution < -0.4 is 0 Å². The molecule has 0 spiro atoms. The second kappa shape index (κ2) is 7.19. The van der Waals surface area contributed by atoms with Gasteiger partial charge in [0.1, 0.15) is 5.69 Å². The minimum absolute atomic E-state index is 0.154. The first-order chi connectivity index (χ1) is 12.3. The maximum absolute atomic E-state index is 5.05. The Morgan fingerprint density at radius 2 is 1.62 bits per heavy atom. The van der Waals surface area contributed by atoms with Gasteiger partial charge in [0, 0.05) is 22.1 Å². The second-order valence-electron chi connectivity index (χ2n) is 8.46. The molecule has 1 aliphatic heterocycles. The van der Waals surface area contributed by atoms with Crippen LogP contribution in [-0.2, 0) is 10.8 Å². The summed E-state index contributed by atoms with van der Waals surface area (Å²) < 4.78 is 2.12. The van der Waals surface area contributed by atoms with Crippen molar-refractivity contribution in [1.82, 2.24) is 0 Å². The number of para-hydroxylation sites is 1. The predicted octanol–water partition coefficient (Wildman–Crippen LogP) is 7.55. The van der Waals surface area contributed by atoms with Crippen LogP contribution >= 0.6 is 11.8 Å². The van der Waals surface area contributed by atoms with E-state index in [2.05, 4.69) is 88.7 Å². The molecule has 3 heteroatoms. The Morgan fingerprint density at radius 1 is 0.962 bits per heavy atom. The van der Waals surface area contributed by atoms with Crippen LogP contribution in [0.5, 0.6) is 0 Å². The Balaban J connectivity index is 2.19. The lowest BCUT2D eigenvalue weighted by Crippen LogP contribution is -2.22. The van der Waals surface area contributed by atoms with E-state index >= 15 is 0 Å². The number of benzene rings is 2. The topological polar surface area (TPSA) is 15.4 Å². The van der Waals surface area contributed by atoms with Gasteiger partial charge in [-0.05, 0) is 40.9 Å². The van der Waals surface area contributed by atoms with Crippen molar-refractivity contribution in [2.45, 2.75) is 70.1 Å². The van der Waals surface area contributed by atoms with E-state index < -0.39 is 0 Å². The van der Waals surface area contributed by atoms with Crippen LogP contribution in [0.15, 0.2) is 52.5 Å². The molecular formula is C23H31N2S+. The number of fused-ring (bicyclic) bond motifs is 1. The molecule has 0 aliphatic carbocycles. The first kappa shape index (κ1) is 19.2. The smallest absolute Gasteiger partial charge is 0.0737 e. The molecule has 0 aromatic heterocycles. The largest absolute Gasteiger partial charge is 0.232 e. The highest BCUT2D eigenvalue weighted by atomic mass is 32.2.